The number of allylic oxidation sites excluding steroid dienone is 2. The lowest BCUT2D eigenvalue weighted by atomic mass is 9.57. The number of hydrogen-bond donors (Lipinski definition) is 1. The van der Waals surface area contributed by atoms with E-state index < -0.39 is 11.3 Å². The number of fused-ring (bicyclic) bond motifs is 2. The number of benzene rings is 3. The maximum Gasteiger partial charge on any atom is 0.191 e. The highest BCUT2D eigenvalue weighted by molar-refractivity contribution is 5.89. The average Bonchev–Trinajstić information content (AvgIpc) is 2.93. The highest BCUT2D eigenvalue weighted by atomic mass is 16.5. The molecule has 176 valence electrons. The van der Waals surface area contributed by atoms with Gasteiger partial charge in [-0.2, -0.15) is 15.8 Å². The van der Waals surface area contributed by atoms with Gasteiger partial charge in [0, 0.05) is 37.0 Å². The Bertz CT molecular complexity index is 1500. The molecule has 0 aromatic heterocycles. The molecule has 3 aromatic rings. The molecule has 0 saturated carbocycles. The molecule has 0 bridgehead atoms. The smallest absolute Gasteiger partial charge is 0.191 e. The van der Waals surface area contributed by atoms with Crippen LogP contribution in [-0.2, 0) is 6.54 Å². The number of ether oxygens (including phenoxy) is 1. The molecular formula is C30H25N5O. The van der Waals surface area contributed by atoms with E-state index in [-0.39, 0.29) is 17.2 Å². The van der Waals surface area contributed by atoms with Crippen molar-refractivity contribution < 1.29 is 4.74 Å². The molecule has 1 heterocycles. The Morgan fingerprint density at radius 2 is 1.72 bits per heavy atom. The maximum absolute atomic E-state index is 10.5. The number of nitriles is 3. The van der Waals surface area contributed by atoms with Crippen molar-refractivity contribution in [2.75, 3.05) is 20.2 Å². The van der Waals surface area contributed by atoms with Crippen LogP contribution in [0.4, 0.5) is 0 Å². The molecule has 2 unspecified atom stereocenters. The monoisotopic (exact) mass is 471 g/mol. The molecule has 0 amide bonds. The molecule has 2 atom stereocenters. The molecule has 0 radical (unpaired) electrons. The molecular weight excluding hydrogens is 446 g/mol. The number of methoxy groups -OCH3 is 1. The third kappa shape index (κ3) is 3.50. The number of nitrogens with two attached hydrogens (primary N) is 1. The van der Waals surface area contributed by atoms with Gasteiger partial charge in [-0.1, -0.05) is 66.7 Å². The third-order valence-corrected chi connectivity index (χ3v) is 7.45. The first-order valence-corrected chi connectivity index (χ1v) is 11.8. The zero-order chi connectivity index (χ0) is 25.3. The van der Waals surface area contributed by atoms with E-state index in [1.807, 2.05) is 60.7 Å². The summed E-state index contributed by atoms with van der Waals surface area (Å²) in [6.07, 6.45) is 2.03. The third-order valence-electron chi connectivity index (χ3n) is 7.45. The maximum atomic E-state index is 10.5. The summed E-state index contributed by atoms with van der Waals surface area (Å²) in [6.45, 7) is 1.93. The van der Waals surface area contributed by atoms with Crippen LogP contribution in [0.25, 0.3) is 10.8 Å². The number of nitrogens with zero attached hydrogens (tertiary/aromatic N) is 4. The lowest BCUT2D eigenvalue weighted by molar-refractivity contribution is 0.200. The summed E-state index contributed by atoms with van der Waals surface area (Å²) in [5.74, 6) is -0.333. The van der Waals surface area contributed by atoms with E-state index in [1.54, 1.807) is 7.11 Å². The van der Waals surface area contributed by atoms with Gasteiger partial charge in [-0.3, -0.25) is 4.90 Å². The predicted molar refractivity (Wildman–Crippen MR) is 137 cm³/mol. The first-order valence-electron chi connectivity index (χ1n) is 11.8. The first kappa shape index (κ1) is 23.2. The van der Waals surface area contributed by atoms with Gasteiger partial charge in [0.05, 0.1) is 30.5 Å². The second kappa shape index (κ2) is 9.23. The molecule has 1 aliphatic heterocycles. The van der Waals surface area contributed by atoms with Gasteiger partial charge in [0.25, 0.3) is 0 Å². The highest BCUT2D eigenvalue weighted by Gasteiger charge is 2.55. The molecule has 2 aliphatic rings. The van der Waals surface area contributed by atoms with Crippen LogP contribution >= 0.6 is 0 Å². The molecule has 6 nitrogen and oxygen atoms in total. The summed E-state index contributed by atoms with van der Waals surface area (Å²) >= 11 is 0. The molecule has 0 spiro atoms. The van der Waals surface area contributed by atoms with Crippen LogP contribution in [0.3, 0.4) is 0 Å². The summed E-state index contributed by atoms with van der Waals surface area (Å²) in [5, 5.41) is 33.0. The van der Waals surface area contributed by atoms with Gasteiger partial charge in [-0.05, 0) is 28.0 Å². The standard InChI is InChI=1S/C30H25N5O/c1-36-26-12-11-21-9-5-6-10-22(21)27(26)28-25-17-35(16-20-7-3-2-4-8-20)14-13-23(25)24(15-31)29(34)30(28,18-32)19-33/h2-13,25,28H,14,16-17,34H2,1H3. The van der Waals surface area contributed by atoms with Gasteiger partial charge in [0.15, 0.2) is 5.41 Å². The normalized spacial score (nSPS) is 21.0. The Hall–Kier alpha value is -4.57. The van der Waals surface area contributed by atoms with Crippen molar-refractivity contribution in [2.24, 2.45) is 17.1 Å². The molecule has 1 aliphatic carbocycles. The minimum Gasteiger partial charge on any atom is -0.496 e. The van der Waals surface area contributed by atoms with Crippen molar-refractivity contribution in [3.63, 3.8) is 0 Å². The Labute approximate surface area is 210 Å². The van der Waals surface area contributed by atoms with E-state index in [9.17, 15) is 15.8 Å². The minimum absolute atomic E-state index is 0.0222. The molecule has 36 heavy (non-hydrogen) atoms. The van der Waals surface area contributed by atoms with Crippen LogP contribution in [0.1, 0.15) is 17.0 Å². The molecule has 0 saturated heterocycles. The average molecular weight is 472 g/mol. The van der Waals surface area contributed by atoms with Crippen molar-refractivity contribution in [2.45, 2.75) is 12.5 Å². The zero-order valence-corrected chi connectivity index (χ0v) is 20.0. The van der Waals surface area contributed by atoms with Gasteiger partial charge in [0.2, 0.25) is 0 Å². The summed E-state index contributed by atoms with van der Waals surface area (Å²) in [4.78, 5) is 2.28. The van der Waals surface area contributed by atoms with E-state index in [0.717, 1.165) is 21.9 Å². The fourth-order valence-corrected chi connectivity index (χ4v) is 5.80. The molecule has 5 rings (SSSR count). The van der Waals surface area contributed by atoms with Gasteiger partial charge in [-0.15, -0.1) is 0 Å². The lowest BCUT2D eigenvalue weighted by Crippen LogP contribution is -2.48. The van der Waals surface area contributed by atoms with Crippen LogP contribution in [0.5, 0.6) is 5.75 Å². The lowest BCUT2D eigenvalue weighted by Gasteiger charge is -2.46. The first-order chi connectivity index (χ1) is 17.6. The topological polar surface area (TPSA) is 110 Å². The van der Waals surface area contributed by atoms with Crippen LogP contribution in [0.2, 0.25) is 0 Å². The van der Waals surface area contributed by atoms with Crippen LogP contribution < -0.4 is 10.5 Å². The molecule has 0 fully saturated rings. The number of rotatable bonds is 4. The zero-order valence-electron chi connectivity index (χ0n) is 20.0. The van der Waals surface area contributed by atoms with E-state index in [2.05, 4.69) is 35.2 Å². The summed E-state index contributed by atoms with van der Waals surface area (Å²) in [5.41, 5.74) is 7.84. The van der Waals surface area contributed by atoms with E-state index >= 15 is 0 Å². The molecule has 6 heteroatoms. The van der Waals surface area contributed by atoms with Gasteiger partial charge in [-0.25, -0.2) is 0 Å². The second-order valence-electron chi connectivity index (χ2n) is 9.26. The minimum atomic E-state index is -1.72. The number of hydrogen-bond acceptors (Lipinski definition) is 6. The second-order valence-corrected chi connectivity index (χ2v) is 9.26. The van der Waals surface area contributed by atoms with Crippen LogP contribution in [0.15, 0.2) is 89.6 Å². The Kier molecular flexibility index (Phi) is 5.95. The van der Waals surface area contributed by atoms with Gasteiger partial charge < -0.3 is 10.5 Å². The fraction of sp³-hybridized carbons (Fsp3) is 0.233. The van der Waals surface area contributed by atoms with Crippen LogP contribution in [-0.4, -0.2) is 25.1 Å². The summed E-state index contributed by atoms with van der Waals surface area (Å²) in [7, 11) is 1.59. The van der Waals surface area contributed by atoms with E-state index in [4.69, 9.17) is 10.5 Å². The predicted octanol–water partition coefficient (Wildman–Crippen LogP) is 4.77. The highest BCUT2D eigenvalue weighted by Crippen LogP contribution is 2.57. The largest absolute Gasteiger partial charge is 0.496 e. The molecule has 2 N–H and O–H groups in total. The van der Waals surface area contributed by atoms with Gasteiger partial charge >= 0.3 is 0 Å². The van der Waals surface area contributed by atoms with Crippen molar-refractivity contribution in [3.8, 4) is 24.0 Å². The van der Waals surface area contributed by atoms with E-state index in [1.165, 1.54) is 5.56 Å². The quantitative estimate of drug-likeness (QED) is 0.587. The SMILES string of the molecule is COc1ccc2ccccc2c1C1C2CN(Cc3ccccc3)CC=C2C(C#N)=C(N)C1(C#N)C#N. The molecule has 3 aromatic carbocycles. The Morgan fingerprint density at radius 3 is 2.42 bits per heavy atom. The van der Waals surface area contributed by atoms with Crippen molar-refractivity contribution in [1.29, 1.82) is 15.8 Å². The Balaban J connectivity index is 1.76. The van der Waals surface area contributed by atoms with Crippen molar-refractivity contribution in [1.82, 2.24) is 4.90 Å². The summed E-state index contributed by atoms with van der Waals surface area (Å²) in [6, 6.07) is 28.6. The summed E-state index contributed by atoms with van der Waals surface area (Å²) < 4.78 is 5.81. The fourth-order valence-electron chi connectivity index (χ4n) is 5.80. The Morgan fingerprint density at radius 1 is 1.00 bits per heavy atom. The van der Waals surface area contributed by atoms with Crippen LogP contribution in [0, 0.1) is 45.3 Å². The van der Waals surface area contributed by atoms with Gasteiger partial charge in [0.1, 0.15) is 11.8 Å². The van der Waals surface area contributed by atoms with Crippen molar-refractivity contribution in [3.05, 3.63) is 101 Å². The van der Waals surface area contributed by atoms with Crippen molar-refractivity contribution >= 4 is 10.8 Å². The van der Waals surface area contributed by atoms with E-state index in [0.29, 0.717) is 25.4 Å².